The summed E-state index contributed by atoms with van der Waals surface area (Å²) >= 11 is 0. The number of para-hydroxylation sites is 1. The van der Waals surface area contributed by atoms with Gasteiger partial charge in [-0.3, -0.25) is 14.6 Å². The highest BCUT2D eigenvalue weighted by molar-refractivity contribution is 6.02. The van der Waals surface area contributed by atoms with Crippen LogP contribution in [0.4, 0.5) is 0 Å². The Kier molecular flexibility index (Phi) is 5.31. The van der Waals surface area contributed by atoms with Crippen molar-refractivity contribution in [2.24, 2.45) is 5.10 Å². The Balaban J connectivity index is 2.01. The second-order valence-electron chi connectivity index (χ2n) is 6.28. The fourth-order valence-electron chi connectivity index (χ4n) is 2.70. The van der Waals surface area contributed by atoms with Crippen molar-refractivity contribution in [1.82, 2.24) is 15.0 Å². The van der Waals surface area contributed by atoms with E-state index in [1.807, 2.05) is 6.92 Å². The number of H-pyrrole nitrogens is 1. The molecule has 0 aliphatic heterocycles. The van der Waals surface area contributed by atoms with Crippen molar-refractivity contribution in [3.63, 3.8) is 0 Å². The van der Waals surface area contributed by atoms with Gasteiger partial charge in [0.15, 0.2) is 0 Å². The molecule has 4 N–H and O–H groups in total. The molecule has 0 aliphatic rings. The third kappa shape index (κ3) is 3.93. The van der Waals surface area contributed by atoms with Crippen molar-refractivity contribution in [3.05, 3.63) is 86.1 Å². The fourth-order valence-corrected chi connectivity index (χ4v) is 2.70. The molecule has 9 heteroatoms. The SMILES string of the molecule is C/C(=N/NC(=O)c1ccccc1O)c1c(O)n(-c2ccc(C)cc2)c(=O)[nH]c1=O. The van der Waals surface area contributed by atoms with E-state index >= 15 is 0 Å². The Morgan fingerprint density at radius 3 is 2.38 bits per heavy atom. The van der Waals surface area contributed by atoms with Gasteiger partial charge in [-0.25, -0.2) is 14.8 Å². The van der Waals surface area contributed by atoms with Crippen LogP contribution < -0.4 is 16.7 Å². The Morgan fingerprint density at radius 2 is 1.72 bits per heavy atom. The van der Waals surface area contributed by atoms with Crippen molar-refractivity contribution in [1.29, 1.82) is 0 Å². The van der Waals surface area contributed by atoms with Gasteiger partial charge in [-0.2, -0.15) is 5.10 Å². The normalized spacial score (nSPS) is 11.3. The summed E-state index contributed by atoms with van der Waals surface area (Å²) in [4.78, 5) is 38.8. The van der Waals surface area contributed by atoms with Gasteiger partial charge < -0.3 is 10.2 Å². The van der Waals surface area contributed by atoms with Gasteiger partial charge in [0, 0.05) is 0 Å². The van der Waals surface area contributed by atoms with Gasteiger partial charge in [0.05, 0.1) is 17.0 Å². The van der Waals surface area contributed by atoms with Gasteiger partial charge in [0.2, 0.25) is 5.88 Å². The molecule has 0 bridgehead atoms. The zero-order chi connectivity index (χ0) is 21.1. The number of nitrogens with zero attached hydrogens (tertiary/aromatic N) is 2. The first kappa shape index (κ1) is 19.6. The van der Waals surface area contributed by atoms with E-state index in [2.05, 4.69) is 15.5 Å². The third-order valence-corrected chi connectivity index (χ3v) is 4.21. The molecule has 0 fully saturated rings. The molecule has 0 unspecified atom stereocenters. The lowest BCUT2D eigenvalue weighted by molar-refractivity contribution is 0.0952. The molecule has 9 nitrogen and oxygen atoms in total. The smallest absolute Gasteiger partial charge is 0.335 e. The number of carbonyl (C=O) groups excluding carboxylic acids is 1. The van der Waals surface area contributed by atoms with E-state index in [4.69, 9.17) is 0 Å². The van der Waals surface area contributed by atoms with Crippen molar-refractivity contribution < 1.29 is 15.0 Å². The Hall–Kier alpha value is -4.14. The first-order valence-electron chi connectivity index (χ1n) is 8.58. The van der Waals surface area contributed by atoms with Gasteiger partial charge in [-0.15, -0.1) is 0 Å². The van der Waals surface area contributed by atoms with E-state index in [0.29, 0.717) is 5.69 Å². The van der Waals surface area contributed by atoms with Gasteiger partial charge in [-0.1, -0.05) is 29.8 Å². The van der Waals surface area contributed by atoms with Gasteiger partial charge in [0.25, 0.3) is 11.5 Å². The molecule has 0 saturated carbocycles. The predicted molar refractivity (Wildman–Crippen MR) is 107 cm³/mol. The molecule has 0 atom stereocenters. The molecule has 1 amide bonds. The predicted octanol–water partition coefficient (Wildman–Crippen LogP) is 1.40. The largest absolute Gasteiger partial charge is 0.507 e. The summed E-state index contributed by atoms with van der Waals surface area (Å²) in [6, 6.07) is 12.6. The molecule has 148 valence electrons. The maximum atomic E-state index is 12.2. The molecule has 0 spiro atoms. The maximum Gasteiger partial charge on any atom is 0.335 e. The fraction of sp³-hybridized carbons (Fsp3) is 0.100. The van der Waals surface area contributed by atoms with E-state index in [1.165, 1.54) is 19.1 Å². The van der Waals surface area contributed by atoms with Crippen molar-refractivity contribution in [3.8, 4) is 17.3 Å². The maximum absolute atomic E-state index is 12.2. The highest BCUT2D eigenvalue weighted by Gasteiger charge is 2.18. The molecule has 0 saturated heterocycles. The summed E-state index contributed by atoms with van der Waals surface area (Å²) < 4.78 is 0.931. The van der Waals surface area contributed by atoms with Crippen LogP contribution >= 0.6 is 0 Å². The summed E-state index contributed by atoms with van der Waals surface area (Å²) in [5.74, 6) is -1.54. The highest BCUT2D eigenvalue weighted by atomic mass is 16.3. The van der Waals surface area contributed by atoms with Crippen LogP contribution in [-0.2, 0) is 0 Å². The average molecular weight is 394 g/mol. The standard InChI is InChI=1S/C20H18N4O5/c1-11-7-9-13(10-8-11)24-19(28)16(18(27)21-20(24)29)12(2)22-23-17(26)14-5-3-4-6-15(14)25/h3-10,25,28H,1-2H3,(H,23,26)(H,21,27,29)/b22-12-. The number of carbonyl (C=O) groups is 1. The number of benzene rings is 2. The number of phenolic OH excluding ortho intramolecular Hbond substituents is 1. The van der Waals surface area contributed by atoms with Crippen LogP contribution in [0.3, 0.4) is 0 Å². The topological polar surface area (TPSA) is 137 Å². The zero-order valence-corrected chi connectivity index (χ0v) is 15.6. The summed E-state index contributed by atoms with van der Waals surface area (Å²) in [5.41, 5.74) is 1.53. The molecule has 1 heterocycles. The number of hydrogen-bond acceptors (Lipinski definition) is 6. The number of hydrazone groups is 1. The van der Waals surface area contributed by atoms with Crippen molar-refractivity contribution in [2.75, 3.05) is 0 Å². The Labute approximate surface area is 164 Å². The van der Waals surface area contributed by atoms with Gasteiger partial charge in [0.1, 0.15) is 11.3 Å². The van der Waals surface area contributed by atoms with E-state index in [9.17, 15) is 24.6 Å². The first-order valence-corrected chi connectivity index (χ1v) is 8.58. The zero-order valence-electron chi connectivity index (χ0n) is 15.6. The van der Waals surface area contributed by atoms with Crippen LogP contribution in [0.1, 0.15) is 28.4 Å². The second-order valence-corrected chi connectivity index (χ2v) is 6.28. The number of aromatic nitrogens is 2. The molecule has 29 heavy (non-hydrogen) atoms. The molecule has 3 aromatic rings. The minimum Gasteiger partial charge on any atom is -0.507 e. The van der Waals surface area contributed by atoms with Crippen LogP contribution in [0, 0.1) is 6.92 Å². The van der Waals surface area contributed by atoms with E-state index < -0.39 is 23.0 Å². The number of aryl methyl sites for hydroxylation is 1. The molecular formula is C20H18N4O5. The molecule has 2 aromatic carbocycles. The monoisotopic (exact) mass is 394 g/mol. The lowest BCUT2D eigenvalue weighted by Gasteiger charge is -2.11. The summed E-state index contributed by atoms with van der Waals surface area (Å²) in [6.45, 7) is 3.26. The minimum absolute atomic E-state index is 0.00759. The highest BCUT2D eigenvalue weighted by Crippen LogP contribution is 2.18. The number of rotatable bonds is 4. The van der Waals surface area contributed by atoms with Crippen LogP contribution in [0.15, 0.2) is 63.2 Å². The second kappa shape index (κ2) is 7.85. The summed E-state index contributed by atoms with van der Waals surface area (Å²) in [7, 11) is 0. The number of phenols is 1. The average Bonchev–Trinajstić information content (AvgIpc) is 2.67. The lowest BCUT2D eigenvalue weighted by Crippen LogP contribution is -2.33. The Bertz CT molecular complexity index is 1220. The molecular weight excluding hydrogens is 376 g/mol. The molecule has 3 rings (SSSR count). The molecule has 0 radical (unpaired) electrons. The first-order chi connectivity index (χ1) is 13.8. The van der Waals surface area contributed by atoms with E-state index in [1.54, 1.807) is 36.4 Å². The third-order valence-electron chi connectivity index (χ3n) is 4.21. The van der Waals surface area contributed by atoms with Crippen LogP contribution in [0.5, 0.6) is 11.6 Å². The number of aromatic hydroxyl groups is 2. The number of aromatic amines is 1. The summed E-state index contributed by atoms with van der Waals surface area (Å²) in [5, 5.41) is 24.1. The van der Waals surface area contributed by atoms with Crippen molar-refractivity contribution >= 4 is 11.6 Å². The number of nitrogens with one attached hydrogen (secondary N) is 2. The van der Waals surface area contributed by atoms with Crippen LogP contribution in [0.25, 0.3) is 5.69 Å². The van der Waals surface area contributed by atoms with Crippen molar-refractivity contribution in [2.45, 2.75) is 13.8 Å². The van der Waals surface area contributed by atoms with E-state index in [-0.39, 0.29) is 22.6 Å². The van der Waals surface area contributed by atoms with Crippen LogP contribution in [0.2, 0.25) is 0 Å². The lowest BCUT2D eigenvalue weighted by atomic mass is 10.2. The van der Waals surface area contributed by atoms with Crippen LogP contribution in [-0.4, -0.2) is 31.4 Å². The molecule has 1 aromatic heterocycles. The van der Waals surface area contributed by atoms with Gasteiger partial charge >= 0.3 is 5.69 Å². The van der Waals surface area contributed by atoms with E-state index in [0.717, 1.165) is 10.1 Å². The minimum atomic E-state index is -0.853. The summed E-state index contributed by atoms with van der Waals surface area (Å²) in [6.07, 6.45) is 0. The number of hydrogen-bond donors (Lipinski definition) is 4. The molecule has 0 aliphatic carbocycles. The van der Waals surface area contributed by atoms with Gasteiger partial charge in [-0.05, 0) is 38.1 Å². The quantitative estimate of drug-likeness (QED) is 0.392. The Morgan fingerprint density at radius 1 is 1.07 bits per heavy atom. The number of amides is 1.